The minimum Gasteiger partial charge on any atom is -0.481 e. The Morgan fingerprint density at radius 1 is 1.05 bits per heavy atom. The Balaban J connectivity index is 2.55. The molecule has 21 heavy (non-hydrogen) atoms. The minimum absolute atomic E-state index is 0.0696. The SMILES string of the molecule is Cc1cccc(C)c1CC(CN)(C(=O)O)c1ccccc1. The lowest BCUT2D eigenvalue weighted by Gasteiger charge is -2.30. The standard InChI is InChI=1S/C18H21NO2/c1-13-7-6-8-14(2)16(13)11-18(12-19,17(20)21)15-9-4-3-5-10-15/h3-10H,11-12,19H2,1-2H3,(H,20,21). The van der Waals surface area contributed by atoms with Gasteiger partial charge in [-0.15, -0.1) is 0 Å². The summed E-state index contributed by atoms with van der Waals surface area (Å²) in [6.07, 6.45) is 0.404. The maximum Gasteiger partial charge on any atom is 0.315 e. The normalized spacial score (nSPS) is 13.7. The third-order valence-electron chi connectivity index (χ3n) is 4.21. The Morgan fingerprint density at radius 2 is 1.62 bits per heavy atom. The van der Waals surface area contributed by atoms with Crippen molar-refractivity contribution in [3.63, 3.8) is 0 Å². The van der Waals surface area contributed by atoms with E-state index in [1.807, 2.05) is 62.4 Å². The molecule has 0 saturated carbocycles. The number of aliphatic carboxylic acids is 1. The van der Waals surface area contributed by atoms with Gasteiger partial charge in [0.15, 0.2) is 0 Å². The quantitative estimate of drug-likeness (QED) is 0.887. The van der Waals surface area contributed by atoms with E-state index in [-0.39, 0.29) is 6.54 Å². The van der Waals surface area contributed by atoms with E-state index in [1.54, 1.807) is 0 Å². The molecule has 0 aliphatic rings. The van der Waals surface area contributed by atoms with Crippen molar-refractivity contribution in [3.05, 3.63) is 70.8 Å². The third-order valence-corrected chi connectivity index (χ3v) is 4.21. The van der Waals surface area contributed by atoms with Gasteiger partial charge in [0, 0.05) is 6.54 Å². The van der Waals surface area contributed by atoms with Crippen LogP contribution >= 0.6 is 0 Å². The number of carboxylic acid groups (broad SMARTS) is 1. The second-order valence-electron chi connectivity index (χ2n) is 5.50. The molecule has 0 aromatic heterocycles. The number of rotatable bonds is 5. The van der Waals surface area contributed by atoms with Crippen LogP contribution in [0, 0.1) is 13.8 Å². The molecule has 2 aromatic rings. The van der Waals surface area contributed by atoms with Crippen LogP contribution in [-0.2, 0) is 16.6 Å². The maximum absolute atomic E-state index is 12.0. The summed E-state index contributed by atoms with van der Waals surface area (Å²) in [5.74, 6) is -0.876. The van der Waals surface area contributed by atoms with E-state index >= 15 is 0 Å². The lowest BCUT2D eigenvalue weighted by atomic mass is 9.74. The Bertz CT molecular complexity index is 617. The smallest absolute Gasteiger partial charge is 0.315 e. The van der Waals surface area contributed by atoms with Gasteiger partial charge in [0.1, 0.15) is 5.41 Å². The molecule has 2 rings (SSSR count). The van der Waals surface area contributed by atoms with E-state index in [1.165, 1.54) is 0 Å². The summed E-state index contributed by atoms with van der Waals surface area (Å²) in [6, 6.07) is 15.3. The molecule has 0 heterocycles. The first kappa shape index (κ1) is 15.3. The predicted molar refractivity (Wildman–Crippen MR) is 84.4 cm³/mol. The highest BCUT2D eigenvalue weighted by Crippen LogP contribution is 2.30. The van der Waals surface area contributed by atoms with Gasteiger partial charge in [-0.3, -0.25) is 4.79 Å². The highest BCUT2D eigenvalue weighted by atomic mass is 16.4. The van der Waals surface area contributed by atoms with E-state index < -0.39 is 11.4 Å². The molecular weight excluding hydrogens is 262 g/mol. The number of hydrogen-bond donors (Lipinski definition) is 2. The van der Waals surface area contributed by atoms with Gasteiger partial charge in [0.25, 0.3) is 0 Å². The first-order valence-corrected chi connectivity index (χ1v) is 7.05. The van der Waals surface area contributed by atoms with Crippen molar-refractivity contribution in [1.82, 2.24) is 0 Å². The lowest BCUT2D eigenvalue weighted by Crippen LogP contribution is -2.45. The van der Waals surface area contributed by atoms with Gasteiger partial charge in [-0.05, 0) is 42.5 Å². The first-order valence-electron chi connectivity index (χ1n) is 7.05. The molecule has 0 amide bonds. The van der Waals surface area contributed by atoms with Crippen molar-refractivity contribution in [2.24, 2.45) is 5.73 Å². The second kappa shape index (κ2) is 6.10. The molecule has 0 bridgehead atoms. The molecule has 0 saturated heterocycles. The zero-order valence-electron chi connectivity index (χ0n) is 12.5. The average Bonchev–Trinajstić information content (AvgIpc) is 2.48. The fraction of sp³-hybridized carbons (Fsp3) is 0.278. The van der Waals surface area contributed by atoms with Crippen LogP contribution in [0.1, 0.15) is 22.3 Å². The molecule has 1 unspecified atom stereocenters. The van der Waals surface area contributed by atoms with Crippen molar-refractivity contribution in [3.8, 4) is 0 Å². The number of carboxylic acids is 1. The van der Waals surface area contributed by atoms with Crippen LogP contribution in [0.2, 0.25) is 0 Å². The molecular formula is C18H21NO2. The number of carbonyl (C=O) groups is 1. The zero-order valence-corrected chi connectivity index (χ0v) is 12.5. The second-order valence-corrected chi connectivity index (χ2v) is 5.50. The van der Waals surface area contributed by atoms with E-state index in [2.05, 4.69) is 0 Å². The van der Waals surface area contributed by atoms with Gasteiger partial charge in [-0.25, -0.2) is 0 Å². The number of benzene rings is 2. The van der Waals surface area contributed by atoms with Gasteiger partial charge in [0.05, 0.1) is 0 Å². The largest absolute Gasteiger partial charge is 0.481 e. The van der Waals surface area contributed by atoms with Gasteiger partial charge < -0.3 is 10.8 Å². The summed E-state index contributed by atoms with van der Waals surface area (Å²) in [7, 11) is 0. The van der Waals surface area contributed by atoms with E-state index in [4.69, 9.17) is 5.73 Å². The predicted octanol–water partition coefficient (Wildman–Crippen LogP) is 2.83. The molecule has 0 fully saturated rings. The van der Waals surface area contributed by atoms with E-state index in [0.717, 1.165) is 22.3 Å². The molecule has 1 atom stereocenters. The minimum atomic E-state index is -1.09. The Morgan fingerprint density at radius 3 is 2.10 bits per heavy atom. The number of nitrogens with two attached hydrogens (primary N) is 1. The highest BCUT2D eigenvalue weighted by molar-refractivity contribution is 5.82. The van der Waals surface area contributed by atoms with Crippen LogP contribution in [0.15, 0.2) is 48.5 Å². The Labute approximate surface area is 125 Å². The van der Waals surface area contributed by atoms with Crippen LogP contribution in [0.25, 0.3) is 0 Å². The Hall–Kier alpha value is -2.13. The van der Waals surface area contributed by atoms with Crippen molar-refractivity contribution < 1.29 is 9.90 Å². The molecule has 3 heteroatoms. The molecule has 2 aromatic carbocycles. The van der Waals surface area contributed by atoms with Gasteiger partial charge in [0.2, 0.25) is 0 Å². The van der Waals surface area contributed by atoms with Gasteiger partial charge in [-0.1, -0.05) is 48.5 Å². The van der Waals surface area contributed by atoms with Crippen LogP contribution in [0.5, 0.6) is 0 Å². The number of hydrogen-bond acceptors (Lipinski definition) is 2. The van der Waals surface area contributed by atoms with Crippen LogP contribution in [-0.4, -0.2) is 17.6 Å². The van der Waals surface area contributed by atoms with Crippen molar-refractivity contribution in [1.29, 1.82) is 0 Å². The topological polar surface area (TPSA) is 63.3 Å². The van der Waals surface area contributed by atoms with Crippen LogP contribution in [0.3, 0.4) is 0 Å². The summed E-state index contributed by atoms with van der Waals surface area (Å²) in [5.41, 5.74) is 8.84. The summed E-state index contributed by atoms with van der Waals surface area (Å²) in [6.45, 7) is 4.09. The fourth-order valence-electron chi connectivity index (χ4n) is 2.77. The first-order chi connectivity index (χ1) is 10.0. The molecule has 0 aliphatic carbocycles. The third kappa shape index (κ3) is 2.83. The maximum atomic E-state index is 12.0. The number of aryl methyl sites for hydroxylation is 2. The summed E-state index contributed by atoms with van der Waals surface area (Å²) in [4.78, 5) is 12.0. The summed E-state index contributed by atoms with van der Waals surface area (Å²) >= 11 is 0. The molecule has 0 spiro atoms. The molecule has 110 valence electrons. The summed E-state index contributed by atoms with van der Waals surface area (Å²) < 4.78 is 0. The van der Waals surface area contributed by atoms with E-state index in [9.17, 15) is 9.90 Å². The van der Waals surface area contributed by atoms with Crippen LogP contribution in [0.4, 0.5) is 0 Å². The Kier molecular flexibility index (Phi) is 4.43. The molecule has 0 aliphatic heterocycles. The fourth-order valence-corrected chi connectivity index (χ4v) is 2.77. The lowest BCUT2D eigenvalue weighted by molar-refractivity contribution is -0.143. The van der Waals surface area contributed by atoms with Crippen molar-refractivity contribution >= 4 is 5.97 Å². The monoisotopic (exact) mass is 283 g/mol. The van der Waals surface area contributed by atoms with Gasteiger partial charge in [-0.2, -0.15) is 0 Å². The molecule has 3 N–H and O–H groups in total. The van der Waals surface area contributed by atoms with Crippen molar-refractivity contribution in [2.75, 3.05) is 6.54 Å². The van der Waals surface area contributed by atoms with E-state index in [0.29, 0.717) is 6.42 Å². The van der Waals surface area contributed by atoms with Crippen LogP contribution < -0.4 is 5.73 Å². The molecule has 3 nitrogen and oxygen atoms in total. The highest BCUT2D eigenvalue weighted by Gasteiger charge is 2.39. The molecule has 0 radical (unpaired) electrons. The zero-order chi connectivity index (χ0) is 15.5. The van der Waals surface area contributed by atoms with Crippen molar-refractivity contribution in [2.45, 2.75) is 25.7 Å². The van der Waals surface area contributed by atoms with Gasteiger partial charge >= 0.3 is 5.97 Å². The summed E-state index contributed by atoms with van der Waals surface area (Å²) in [5, 5.41) is 9.84. The average molecular weight is 283 g/mol.